The molecule has 2 aromatic rings. The van der Waals surface area contributed by atoms with E-state index in [4.69, 9.17) is 0 Å². The summed E-state index contributed by atoms with van der Waals surface area (Å²) in [6, 6.07) is 8.73. The van der Waals surface area contributed by atoms with Gasteiger partial charge in [-0.05, 0) is 40.4 Å². The van der Waals surface area contributed by atoms with Gasteiger partial charge in [-0.3, -0.25) is 4.79 Å². The van der Waals surface area contributed by atoms with E-state index in [0.29, 0.717) is 10.5 Å². The predicted octanol–water partition coefficient (Wildman–Crippen LogP) is 2.38. The Balaban J connectivity index is 1.67. The fraction of sp³-hybridized carbons (Fsp3) is 0.333. The van der Waals surface area contributed by atoms with Crippen LogP contribution in [0.25, 0.3) is 0 Å². The van der Waals surface area contributed by atoms with Gasteiger partial charge in [0, 0.05) is 25.3 Å². The summed E-state index contributed by atoms with van der Waals surface area (Å²) >= 11 is 3.33. The predicted molar refractivity (Wildman–Crippen MR) is 87.8 cm³/mol. The Hall–Kier alpha value is -1.82. The largest absolute Gasteiger partial charge is 0.381 e. The molecular weight excluding hydrogens is 332 g/mol. The van der Waals surface area contributed by atoms with Gasteiger partial charge in [0.25, 0.3) is 5.56 Å². The molecule has 1 atom stereocenters. The van der Waals surface area contributed by atoms with E-state index < -0.39 is 0 Å². The first-order chi connectivity index (χ1) is 10.1. The van der Waals surface area contributed by atoms with Crippen LogP contribution in [-0.2, 0) is 13.5 Å². The molecule has 110 valence electrons. The van der Waals surface area contributed by atoms with Crippen LogP contribution in [0.3, 0.4) is 0 Å². The fourth-order valence-corrected chi connectivity index (χ4v) is 3.02. The minimum atomic E-state index is -0.137. The highest BCUT2D eigenvalue weighted by atomic mass is 79.9. The zero-order valence-electron chi connectivity index (χ0n) is 11.8. The summed E-state index contributed by atoms with van der Waals surface area (Å²) in [7, 11) is 1.64. The van der Waals surface area contributed by atoms with Crippen molar-refractivity contribution in [2.24, 2.45) is 7.05 Å². The zero-order valence-corrected chi connectivity index (χ0v) is 13.4. The van der Waals surface area contributed by atoms with Gasteiger partial charge in [0.2, 0.25) is 0 Å². The summed E-state index contributed by atoms with van der Waals surface area (Å²) in [4.78, 5) is 11.8. The van der Waals surface area contributed by atoms with Gasteiger partial charge < -0.3 is 10.6 Å². The van der Waals surface area contributed by atoms with Gasteiger partial charge in [0.15, 0.2) is 0 Å². The Bertz CT molecular complexity index is 713. The minimum Gasteiger partial charge on any atom is -0.381 e. The molecular formula is C15H17BrN4O. The van der Waals surface area contributed by atoms with Crippen LogP contribution in [0.4, 0.5) is 11.4 Å². The Morgan fingerprint density at radius 1 is 1.48 bits per heavy atom. The van der Waals surface area contributed by atoms with Crippen LogP contribution in [0.15, 0.2) is 39.7 Å². The molecule has 0 aliphatic carbocycles. The third-order valence-corrected chi connectivity index (χ3v) is 4.52. The quantitative estimate of drug-likeness (QED) is 0.893. The third-order valence-electron chi connectivity index (χ3n) is 3.76. The normalized spacial score (nSPS) is 17.0. The number of para-hydroxylation sites is 1. The maximum absolute atomic E-state index is 11.8. The van der Waals surface area contributed by atoms with Crippen LogP contribution < -0.4 is 16.2 Å². The summed E-state index contributed by atoms with van der Waals surface area (Å²) < 4.78 is 1.83. The molecule has 2 N–H and O–H groups in total. The highest BCUT2D eigenvalue weighted by molar-refractivity contribution is 9.10. The van der Waals surface area contributed by atoms with Crippen LogP contribution in [0.1, 0.15) is 12.0 Å². The molecule has 0 amide bonds. The first-order valence-electron chi connectivity index (χ1n) is 6.95. The molecule has 0 fully saturated rings. The van der Waals surface area contributed by atoms with Gasteiger partial charge in [-0.1, -0.05) is 18.2 Å². The van der Waals surface area contributed by atoms with Crippen LogP contribution in [-0.4, -0.2) is 22.4 Å². The van der Waals surface area contributed by atoms with Crippen molar-refractivity contribution in [2.45, 2.75) is 18.9 Å². The molecule has 3 rings (SSSR count). The first-order valence-corrected chi connectivity index (χ1v) is 7.74. The molecule has 1 aliphatic rings. The molecule has 0 unspecified atom stereocenters. The van der Waals surface area contributed by atoms with E-state index in [0.717, 1.165) is 25.1 Å². The second-order valence-corrected chi connectivity index (χ2v) is 6.01. The number of benzene rings is 1. The number of aromatic nitrogens is 2. The highest BCUT2D eigenvalue weighted by Gasteiger charge is 2.17. The number of rotatable bonds is 3. The lowest BCUT2D eigenvalue weighted by Crippen LogP contribution is -2.33. The van der Waals surface area contributed by atoms with Crippen molar-refractivity contribution in [3.63, 3.8) is 0 Å². The molecule has 1 aliphatic heterocycles. The average molecular weight is 349 g/mol. The van der Waals surface area contributed by atoms with Crippen molar-refractivity contribution < 1.29 is 0 Å². The number of halogens is 1. The number of nitrogens with zero attached hydrogens (tertiary/aromatic N) is 2. The Kier molecular flexibility index (Phi) is 3.96. The number of nitrogens with one attached hydrogen (secondary N) is 2. The molecule has 0 saturated heterocycles. The summed E-state index contributed by atoms with van der Waals surface area (Å²) in [6.45, 7) is 0.752. The molecule has 21 heavy (non-hydrogen) atoms. The number of hydrogen-bond donors (Lipinski definition) is 2. The second-order valence-electron chi connectivity index (χ2n) is 5.22. The number of hydrogen-bond acceptors (Lipinski definition) is 4. The van der Waals surface area contributed by atoms with Gasteiger partial charge in [0.05, 0.1) is 11.9 Å². The van der Waals surface area contributed by atoms with Crippen molar-refractivity contribution in [1.82, 2.24) is 9.78 Å². The summed E-state index contributed by atoms with van der Waals surface area (Å²) in [5.41, 5.74) is 3.17. The lowest BCUT2D eigenvalue weighted by molar-refractivity contribution is 0.652. The summed E-state index contributed by atoms with van der Waals surface area (Å²) in [5, 5.41) is 10.9. The smallest absolute Gasteiger partial charge is 0.282 e. The number of fused-ring (bicyclic) bond motifs is 1. The van der Waals surface area contributed by atoms with Crippen molar-refractivity contribution >= 4 is 27.3 Å². The summed E-state index contributed by atoms with van der Waals surface area (Å²) in [6.07, 6.45) is 3.81. The number of anilines is 2. The van der Waals surface area contributed by atoms with E-state index >= 15 is 0 Å². The zero-order chi connectivity index (χ0) is 14.8. The minimum absolute atomic E-state index is 0.137. The molecule has 0 saturated carbocycles. The molecule has 2 heterocycles. The van der Waals surface area contributed by atoms with E-state index in [-0.39, 0.29) is 5.56 Å². The Morgan fingerprint density at radius 2 is 2.29 bits per heavy atom. The first kappa shape index (κ1) is 14.1. The van der Waals surface area contributed by atoms with E-state index in [2.05, 4.69) is 49.9 Å². The maximum atomic E-state index is 11.8. The second kappa shape index (κ2) is 5.89. The van der Waals surface area contributed by atoms with Gasteiger partial charge in [-0.25, -0.2) is 4.68 Å². The van der Waals surface area contributed by atoms with Crippen molar-refractivity contribution in [3.8, 4) is 0 Å². The van der Waals surface area contributed by atoms with E-state index in [9.17, 15) is 4.79 Å². The van der Waals surface area contributed by atoms with E-state index in [1.54, 1.807) is 13.2 Å². The Labute approximate surface area is 131 Å². The van der Waals surface area contributed by atoms with Crippen LogP contribution in [0.5, 0.6) is 0 Å². The molecule has 1 aromatic heterocycles. The van der Waals surface area contributed by atoms with E-state index in [1.165, 1.54) is 15.9 Å². The van der Waals surface area contributed by atoms with Gasteiger partial charge in [-0.2, -0.15) is 5.10 Å². The number of aryl methyl sites for hydroxylation is 2. The molecule has 0 bridgehead atoms. The lowest BCUT2D eigenvalue weighted by Gasteiger charge is -2.27. The molecule has 0 spiro atoms. The molecule has 0 radical (unpaired) electrons. The standard InChI is InChI=1S/C15H17BrN4O/c1-20-15(21)14(16)13(9-18-20)17-8-11-7-6-10-4-2-3-5-12(10)19-11/h2-5,9,11,17,19H,6-8H2,1H3/t11-/m0/s1. The monoisotopic (exact) mass is 348 g/mol. The summed E-state index contributed by atoms with van der Waals surface area (Å²) in [5.74, 6) is 0. The van der Waals surface area contributed by atoms with Gasteiger partial charge >= 0.3 is 0 Å². The Morgan fingerprint density at radius 3 is 3.14 bits per heavy atom. The maximum Gasteiger partial charge on any atom is 0.282 e. The molecule has 1 aromatic carbocycles. The van der Waals surface area contributed by atoms with E-state index in [1.807, 2.05) is 6.07 Å². The van der Waals surface area contributed by atoms with Crippen molar-refractivity contribution in [2.75, 3.05) is 17.2 Å². The van der Waals surface area contributed by atoms with Gasteiger partial charge in [0.1, 0.15) is 4.47 Å². The SMILES string of the molecule is Cn1ncc(NC[C@@H]2CCc3ccccc3N2)c(Br)c1=O. The van der Waals surface area contributed by atoms with Crippen LogP contribution in [0, 0.1) is 0 Å². The average Bonchev–Trinajstić information content (AvgIpc) is 2.52. The molecule has 6 heteroatoms. The van der Waals surface area contributed by atoms with Gasteiger partial charge in [-0.15, -0.1) is 0 Å². The molecule has 5 nitrogen and oxygen atoms in total. The highest BCUT2D eigenvalue weighted by Crippen LogP contribution is 2.24. The van der Waals surface area contributed by atoms with Crippen LogP contribution in [0.2, 0.25) is 0 Å². The van der Waals surface area contributed by atoms with Crippen LogP contribution >= 0.6 is 15.9 Å². The third kappa shape index (κ3) is 2.95. The van der Waals surface area contributed by atoms with Crippen molar-refractivity contribution in [1.29, 1.82) is 0 Å². The van der Waals surface area contributed by atoms with Crippen molar-refractivity contribution in [3.05, 3.63) is 50.9 Å². The lowest BCUT2D eigenvalue weighted by atomic mass is 9.98. The fourth-order valence-electron chi connectivity index (χ4n) is 2.52. The topological polar surface area (TPSA) is 59.0 Å².